The van der Waals surface area contributed by atoms with E-state index in [-0.39, 0.29) is 11.7 Å². The highest BCUT2D eigenvalue weighted by Crippen LogP contribution is 2.13. The second-order valence-corrected chi connectivity index (χ2v) is 5.17. The Morgan fingerprint density at radius 1 is 1.41 bits per heavy atom. The van der Waals surface area contributed by atoms with Crippen LogP contribution in [0.3, 0.4) is 0 Å². The van der Waals surface area contributed by atoms with Crippen molar-refractivity contribution >= 4 is 11.6 Å². The van der Waals surface area contributed by atoms with E-state index in [9.17, 15) is 4.79 Å². The second-order valence-electron chi connectivity index (χ2n) is 5.17. The van der Waals surface area contributed by atoms with E-state index < -0.39 is 5.91 Å². The number of nitrogens with zero attached hydrogens (tertiary/aromatic N) is 1. The smallest absolute Gasteiger partial charge is 0.267 e. The monoisotopic (exact) mass is 301 g/mol. The average molecular weight is 301 g/mol. The maximum Gasteiger partial charge on any atom is 0.267 e. The Morgan fingerprint density at radius 2 is 2.14 bits per heavy atom. The van der Waals surface area contributed by atoms with Gasteiger partial charge < -0.3 is 15.4 Å². The maximum atomic E-state index is 12.0. The normalized spacial score (nSPS) is 11.1. The Kier molecular flexibility index (Phi) is 7.73. The van der Waals surface area contributed by atoms with Crippen molar-refractivity contribution in [2.45, 2.75) is 33.3 Å². The quantitative estimate of drug-likeness (QED) is 0.440. The summed E-state index contributed by atoms with van der Waals surface area (Å²) in [6, 6.07) is 9.35. The molecule has 0 fully saturated rings. The van der Waals surface area contributed by atoms with Crippen LogP contribution in [0.1, 0.15) is 25.8 Å². The number of benzene rings is 1. The molecular weight excluding hydrogens is 278 g/mol. The molecule has 1 rings (SSSR count). The molecule has 0 atom stereocenters. The van der Waals surface area contributed by atoms with E-state index in [1.54, 1.807) is 6.07 Å². The van der Waals surface area contributed by atoms with Gasteiger partial charge in [-0.25, -0.2) is 0 Å². The lowest BCUT2D eigenvalue weighted by Gasteiger charge is -2.08. The van der Waals surface area contributed by atoms with Crippen molar-refractivity contribution in [3.05, 3.63) is 41.6 Å². The van der Waals surface area contributed by atoms with E-state index in [0.29, 0.717) is 18.8 Å². The fourth-order valence-electron chi connectivity index (χ4n) is 1.72. The van der Waals surface area contributed by atoms with Crippen LogP contribution in [0.5, 0.6) is 0 Å². The number of carbonyl (C=O) groups is 1. The van der Waals surface area contributed by atoms with Crippen LogP contribution in [0.2, 0.25) is 0 Å². The fourth-order valence-corrected chi connectivity index (χ4v) is 1.72. The van der Waals surface area contributed by atoms with Crippen LogP contribution >= 0.6 is 0 Å². The first-order valence-electron chi connectivity index (χ1n) is 7.37. The van der Waals surface area contributed by atoms with Crippen molar-refractivity contribution in [1.29, 1.82) is 5.26 Å². The third kappa shape index (κ3) is 6.42. The van der Waals surface area contributed by atoms with Crippen LogP contribution in [-0.2, 0) is 9.53 Å². The maximum absolute atomic E-state index is 12.0. The number of rotatable bonds is 8. The summed E-state index contributed by atoms with van der Waals surface area (Å²) in [5.41, 5.74) is 1.71. The van der Waals surface area contributed by atoms with Gasteiger partial charge in [0, 0.05) is 25.0 Å². The molecule has 0 saturated heterocycles. The molecule has 5 nitrogen and oxygen atoms in total. The molecule has 2 N–H and O–H groups in total. The molecule has 0 spiro atoms. The molecule has 0 aliphatic rings. The van der Waals surface area contributed by atoms with E-state index in [0.717, 1.165) is 12.0 Å². The molecule has 0 bridgehead atoms. The largest absolute Gasteiger partial charge is 0.390 e. The van der Waals surface area contributed by atoms with Gasteiger partial charge in [0.25, 0.3) is 5.91 Å². The first-order valence-corrected chi connectivity index (χ1v) is 7.37. The number of ether oxygens (including phenoxy) is 1. The van der Waals surface area contributed by atoms with Crippen molar-refractivity contribution in [3.8, 4) is 6.07 Å². The Balaban J connectivity index is 2.46. The van der Waals surface area contributed by atoms with Gasteiger partial charge in [-0.1, -0.05) is 18.2 Å². The predicted molar refractivity (Wildman–Crippen MR) is 87.2 cm³/mol. The lowest BCUT2D eigenvalue weighted by molar-refractivity contribution is -0.112. The van der Waals surface area contributed by atoms with Crippen LogP contribution in [0.25, 0.3) is 0 Å². The molecule has 0 saturated carbocycles. The minimum absolute atomic E-state index is 0.0491. The van der Waals surface area contributed by atoms with E-state index in [2.05, 4.69) is 10.6 Å². The third-order valence-electron chi connectivity index (χ3n) is 2.92. The van der Waals surface area contributed by atoms with Gasteiger partial charge in [0.15, 0.2) is 0 Å². The molecule has 0 unspecified atom stereocenters. The molecular formula is C17H23N3O2. The molecule has 5 heteroatoms. The number of para-hydroxylation sites is 1. The van der Waals surface area contributed by atoms with Gasteiger partial charge in [0.2, 0.25) is 0 Å². The molecule has 118 valence electrons. The minimum Gasteiger partial charge on any atom is -0.390 e. The summed E-state index contributed by atoms with van der Waals surface area (Å²) in [4.78, 5) is 12.0. The number of carbonyl (C=O) groups excluding carboxylic acids is 1. The van der Waals surface area contributed by atoms with Crippen molar-refractivity contribution < 1.29 is 9.53 Å². The molecule has 0 aliphatic carbocycles. The van der Waals surface area contributed by atoms with Crippen LogP contribution in [0, 0.1) is 18.3 Å². The molecule has 0 heterocycles. The number of aryl methyl sites for hydroxylation is 1. The minimum atomic E-state index is -0.414. The lowest BCUT2D eigenvalue weighted by atomic mass is 10.2. The highest BCUT2D eigenvalue weighted by Gasteiger charge is 2.09. The van der Waals surface area contributed by atoms with Gasteiger partial charge in [0.05, 0.1) is 6.10 Å². The van der Waals surface area contributed by atoms with Gasteiger partial charge >= 0.3 is 0 Å². The first-order chi connectivity index (χ1) is 10.5. The number of nitrogens with one attached hydrogen (secondary N) is 2. The molecule has 1 aromatic carbocycles. The zero-order chi connectivity index (χ0) is 16.4. The number of amides is 1. The Hall–Kier alpha value is -2.32. The van der Waals surface area contributed by atoms with E-state index >= 15 is 0 Å². The molecule has 0 aliphatic heterocycles. The summed E-state index contributed by atoms with van der Waals surface area (Å²) in [5.74, 6) is -0.414. The molecule has 1 amide bonds. The number of anilines is 1. The van der Waals surface area contributed by atoms with Crippen LogP contribution < -0.4 is 10.6 Å². The zero-order valence-corrected chi connectivity index (χ0v) is 13.3. The SMILES string of the molecule is Cc1ccccc1NC(=O)/C(C#N)=C\NCCCOC(C)C. The van der Waals surface area contributed by atoms with Crippen LogP contribution in [0.4, 0.5) is 5.69 Å². The standard InChI is InChI=1S/C17H23N3O2/c1-13(2)22-10-6-9-19-12-15(11-18)17(21)20-16-8-5-4-7-14(16)3/h4-5,7-8,12-13,19H,6,9-10H2,1-3H3,(H,20,21)/b15-12-. The van der Waals surface area contributed by atoms with Gasteiger partial charge in [-0.2, -0.15) is 5.26 Å². The van der Waals surface area contributed by atoms with E-state index in [1.165, 1.54) is 6.20 Å². The predicted octanol–water partition coefficient (Wildman–Crippen LogP) is 2.75. The number of nitriles is 1. The van der Waals surface area contributed by atoms with Gasteiger partial charge in [-0.05, 0) is 38.8 Å². The van der Waals surface area contributed by atoms with Crippen LogP contribution in [-0.4, -0.2) is 25.2 Å². The van der Waals surface area contributed by atoms with Gasteiger partial charge in [-0.15, -0.1) is 0 Å². The van der Waals surface area contributed by atoms with Crippen molar-refractivity contribution in [2.75, 3.05) is 18.5 Å². The summed E-state index contributed by atoms with van der Waals surface area (Å²) >= 11 is 0. The topological polar surface area (TPSA) is 74.2 Å². The Bertz CT molecular complexity index is 559. The second kappa shape index (κ2) is 9.59. The summed E-state index contributed by atoms with van der Waals surface area (Å²) in [5, 5.41) is 14.8. The van der Waals surface area contributed by atoms with E-state index in [4.69, 9.17) is 10.00 Å². The highest BCUT2D eigenvalue weighted by molar-refractivity contribution is 6.06. The van der Waals surface area contributed by atoms with Crippen LogP contribution in [0.15, 0.2) is 36.0 Å². The summed E-state index contributed by atoms with van der Waals surface area (Å²) in [6.07, 6.45) is 2.47. The van der Waals surface area contributed by atoms with E-state index in [1.807, 2.05) is 45.0 Å². The summed E-state index contributed by atoms with van der Waals surface area (Å²) in [7, 11) is 0. The zero-order valence-electron chi connectivity index (χ0n) is 13.3. The highest BCUT2D eigenvalue weighted by atomic mass is 16.5. The molecule has 22 heavy (non-hydrogen) atoms. The van der Waals surface area contributed by atoms with Crippen molar-refractivity contribution in [3.63, 3.8) is 0 Å². The van der Waals surface area contributed by atoms with Crippen molar-refractivity contribution in [2.24, 2.45) is 0 Å². The summed E-state index contributed by atoms with van der Waals surface area (Å²) < 4.78 is 5.41. The lowest BCUT2D eigenvalue weighted by Crippen LogP contribution is -2.18. The summed E-state index contributed by atoms with van der Waals surface area (Å²) in [6.45, 7) is 7.16. The first kappa shape index (κ1) is 17.7. The fraction of sp³-hybridized carbons (Fsp3) is 0.412. The molecule has 0 aromatic heterocycles. The average Bonchev–Trinajstić information content (AvgIpc) is 2.48. The Morgan fingerprint density at radius 3 is 2.77 bits per heavy atom. The number of hydrogen-bond acceptors (Lipinski definition) is 4. The third-order valence-corrected chi connectivity index (χ3v) is 2.92. The Labute approximate surface area is 132 Å². The number of hydrogen-bond donors (Lipinski definition) is 2. The van der Waals surface area contributed by atoms with Gasteiger partial charge in [0.1, 0.15) is 11.6 Å². The van der Waals surface area contributed by atoms with Crippen molar-refractivity contribution in [1.82, 2.24) is 5.32 Å². The van der Waals surface area contributed by atoms with Gasteiger partial charge in [-0.3, -0.25) is 4.79 Å². The molecule has 0 radical (unpaired) electrons. The molecule has 1 aromatic rings.